The lowest BCUT2D eigenvalue weighted by Crippen LogP contribution is -2.34. The van der Waals surface area contributed by atoms with E-state index in [1.165, 1.54) is 0 Å². The van der Waals surface area contributed by atoms with Crippen LogP contribution in [0.15, 0.2) is 9.72 Å². The minimum atomic E-state index is -3.94. The summed E-state index contributed by atoms with van der Waals surface area (Å²) in [7, 11) is -3.94. The highest BCUT2D eigenvalue weighted by atomic mass is 32.2. The Morgan fingerprint density at radius 2 is 2.00 bits per heavy atom. The molecule has 1 amide bonds. The first-order valence-electron chi connectivity index (χ1n) is 6.66. The maximum Gasteiger partial charge on any atom is 0.407 e. The molecule has 11 heteroatoms. The number of carbonyl (C=O) groups is 2. The van der Waals surface area contributed by atoms with Gasteiger partial charge in [-0.05, 0) is 27.2 Å². The molecule has 0 fully saturated rings. The Kier molecular flexibility index (Phi) is 6.47. The van der Waals surface area contributed by atoms with Gasteiger partial charge in [0.05, 0.1) is 5.51 Å². The largest absolute Gasteiger partial charge is 0.476 e. The van der Waals surface area contributed by atoms with Crippen molar-refractivity contribution in [1.29, 1.82) is 0 Å². The Morgan fingerprint density at radius 3 is 2.57 bits per heavy atom. The Labute approximate surface area is 138 Å². The lowest BCUT2D eigenvalue weighted by atomic mass is 10.2. The van der Waals surface area contributed by atoms with E-state index in [0.717, 1.165) is 16.8 Å². The number of carbonyl (C=O) groups excluding carboxylic acids is 1. The monoisotopic (exact) mass is 365 g/mol. The Hall–Kier alpha value is -1.72. The molecule has 0 radical (unpaired) electrons. The molecule has 0 atom stereocenters. The first-order chi connectivity index (χ1) is 10.5. The highest BCUT2D eigenvalue weighted by molar-refractivity contribution is 7.91. The number of ether oxygens (including phenoxy) is 1. The molecule has 0 unspecified atom stereocenters. The quantitative estimate of drug-likeness (QED) is 0.614. The van der Waals surface area contributed by atoms with Gasteiger partial charge in [0.1, 0.15) is 5.60 Å². The van der Waals surface area contributed by atoms with Crippen LogP contribution in [0.25, 0.3) is 0 Å². The molecule has 0 bridgehead atoms. The minimum Gasteiger partial charge on any atom is -0.476 e. The number of hydrogen-bond donors (Lipinski definition) is 3. The van der Waals surface area contributed by atoms with Gasteiger partial charge in [-0.25, -0.2) is 27.7 Å². The predicted octanol–water partition coefficient (Wildman–Crippen LogP) is 1.03. The van der Waals surface area contributed by atoms with E-state index in [1.54, 1.807) is 20.8 Å². The second kappa shape index (κ2) is 7.70. The maximum atomic E-state index is 12.0. The number of hydrogen-bond acceptors (Lipinski definition) is 7. The van der Waals surface area contributed by atoms with Crippen LogP contribution in [-0.2, 0) is 14.8 Å². The predicted molar refractivity (Wildman–Crippen MR) is 83.1 cm³/mol. The van der Waals surface area contributed by atoms with Crippen molar-refractivity contribution in [2.24, 2.45) is 0 Å². The third-order valence-electron chi connectivity index (χ3n) is 2.30. The molecule has 0 saturated heterocycles. The van der Waals surface area contributed by atoms with Crippen LogP contribution in [-0.4, -0.2) is 49.3 Å². The number of aromatic nitrogens is 1. The molecule has 0 spiro atoms. The van der Waals surface area contributed by atoms with Crippen molar-refractivity contribution in [3.05, 3.63) is 11.2 Å². The van der Waals surface area contributed by atoms with Crippen LogP contribution in [0.5, 0.6) is 0 Å². The van der Waals surface area contributed by atoms with E-state index in [2.05, 4.69) is 15.0 Å². The molecule has 3 N–H and O–H groups in total. The van der Waals surface area contributed by atoms with E-state index >= 15 is 0 Å². The van der Waals surface area contributed by atoms with Crippen molar-refractivity contribution in [2.75, 3.05) is 13.1 Å². The van der Waals surface area contributed by atoms with Gasteiger partial charge in [-0.3, -0.25) is 0 Å². The van der Waals surface area contributed by atoms with Gasteiger partial charge in [0.25, 0.3) is 10.0 Å². The third kappa shape index (κ3) is 6.50. The van der Waals surface area contributed by atoms with Crippen molar-refractivity contribution in [3.8, 4) is 0 Å². The summed E-state index contributed by atoms with van der Waals surface area (Å²) < 4.78 is 30.9. The van der Waals surface area contributed by atoms with Gasteiger partial charge in [-0.1, -0.05) is 0 Å². The van der Waals surface area contributed by atoms with Gasteiger partial charge < -0.3 is 15.2 Å². The van der Waals surface area contributed by atoms with Gasteiger partial charge in [0.15, 0.2) is 9.90 Å². The van der Waals surface area contributed by atoms with Crippen molar-refractivity contribution in [3.63, 3.8) is 0 Å². The minimum absolute atomic E-state index is 0.0368. The van der Waals surface area contributed by atoms with Gasteiger partial charge in [0, 0.05) is 13.1 Å². The standard InChI is InChI=1S/C12H19N3O6S2/c1-12(2,3)21-11(18)13-5-4-6-15-23(19,20)10-8(9(16)17)14-7-22-10/h7,15H,4-6H2,1-3H3,(H,13,18)(H,16,17). The maximum absolute atomic E-state index is 12.0. The van der Waals surface area contributed by atoms with E-state index in [0.29, 0.717) is 6.42 Å². The summed E-state index contributed by atoms with van der Waals surface area (Å²) in [6.45, 7) is 5.45. The second-order valence-corrected chi connectivity index (χ2v) is 8.29. The highest BCUT2D eigenvalue weighted by Crippen LogP contribution is 2.19. The normalized spacial score (nSPS) is 12.0. The van der Waals surface area contributed by atoms with Crippen LogP contribution in [0, 0.1) is 0 Å². The number of aromatic carboxylic acids is 1. The smallest absolute Gasteiger partial charge is 0.407 e. The number of carboxylic acid groups (broad SMARTS) is 1. The van der Waals surface area contributed by atoms with Crippen LogP contribution < -0.4 is 10.0 Å². The van der Waals surface area contributed by atoms with E-state index in [4.69, 9.17) is 9.84 Å². The number of thiazole rings is 1. The zero-order chi connectivity index (χ0) is 17.7. The molecule has 1 aromatic heterocycles. The number of rotatable bonds is 7. The summed E-state index contributed by atoms with van der Waals surface area (Å²) >= 11 is 0.728. The summed E-state index contributed by atoms with van der Waals surface area (Å²) in [6, 6.07) is 0. The van der Waals surface area contributed by atoms with Crippen molar-refractivity contribution in [2.45, 2.75) is 37.0 Å². The number of amides is 1. The van der Waals surface area contributed by atoms with Gasteiger partial charge in [-0.15, -0.1) is 11.3 Å². The van der Waals surface area contributed by atoms with Gasteiger partial charge in [0.2, 0.25) is 0 Å². The molecule has 1 rings (SSSR count). The molecule has 0 aliphatic heterocycles. The van der Waals surface area contributed by atoms with Crippen LogP contribution in [0.3, 0.4) is 0 Å². The van der Waals surface area contributed by atoms with E-state index in [-0.39, 0.29) is 17.3 Å². The average molecular weight is 365 g/mol. The molecule has 1 heterocycles. The van der Waals surface area contributed by atoms with Crippen LogP contribution >= 0.6 is 11.3 Å². The number of nitrogens with zero attached hydrogens (tertiary/aromatic N) is 1. The topological polar surface area (TPSA) is 135 Å². The fraction of sp³-hybridized carbons (Fsp3) is 0.583. The first kappa shape index (κ1) is 19.3. The third-order valence-corrected chi connectivity index (χ3v) is 5.13. The van der Waals surface area contributed by atoms with Gasteiger partial charge in [-0.2, -0.15) is 0 Å². The highest BCUT2D eigenvalue weighted by Gasteiger charge is 2.25. The summed E-state index contributed by atoms with van der Waals surface area (Å²) in [5, 5.41) is 11.4. The molecular weight excluding hydrogens is 346 g/mol. The van der Waals surface area contributed by atoms with Crippen LogP contribution in [0.2, 0.25) is 0 Å². The zero-order valence-corrected chi connectivity index (χ0v) is 14.6. The summed E-state index contributed by atoms with van der Waals surface area (Å²) in [5.74, 6) is -1.40. The number of alkyl carbamates (subject to hydrolysis) is 1. The molecule has 0 aliphatic rings. The summed E-state index contributed by atoms with van der Waals surface area (Å²) in [5.41, 5.74) is 0.0436. The number of sulfonamides is 1. The van der Waals surface area contributed by atoms with E-state index in [9.17, 15) is 18.0 Å². The van der Waals surface area contributed by atoms with Crippen molar-refractivity contribution in [1.82, 2.24) is 15.0 Å². The molecule has 9 nitrogen and oxygen atoms in total. The fourth-order valence-electron chi connectivity index (χ4n) is 1.43. The molecule has 0 aliphatic carbocycles. The first-order valence-corrected chi connectivity index (χ1v) is 9.02. The molecule has 130 valence electrons. The van der Waals surface area contributed by atoms with E-state index in [1.807, 2.05) is 0 Å². The number of nitrogens with one attached hydrogen (secondary N) is 2. The van der Waals surface area contributed by atoms with Crippen molar-refractivity contribution >= 4 is 33.4 Å². The molecule has 1 aromatic rings. The SMILES string of the molecule is CC(C)(C)OC(=O)NCCCNS(=O)(=O)c1scnc1C(=O)O. The molecule has 0 saturated carbocycles. The lowest BCUT2D eigenvalue weighted by molar-refractivity contribution is 0.0527. The summed E-state index contributed by atoms with van der Waals surface area (Å²) in [6.07, 6.45) is -0.268. The van der Waals surface area contributed by atoms with Crippen LogP contribution in [0.1, 0.15) is 37.7 Å². The lowest BCUT2D eigenvalue weighted by Gasteiger charge is -2.19. The Bertz CT molecular complexity index is 663. The van der Waals surface area contributed by atoms with E-state index < -0.39 is 33.4 Å². The molecule has 0 aromatic carbocycles. The number of carboxylic acids is 1. The van der Waals surface area contributed by atoms with Gasteiger partial charge >= 0.3 is 12.1 Å². The van der Waals surface area contributed by atoms with Crippen molar-refractivity contribution < 1.29 is 27.9 Å². The zero-order valence-electron chi connectivity index (χ0n) is 13.0. The van der Waals surface area contributed by atoms with Crippen LogP contribution in [0.4, 0.5) is 4.79 Å². The second-order valence-electron chi connectivity index (χ2n) is 5.47. The fourth-order valence-corrected chi connectivity index (χ4v) is 3.69. The Morgan fingerprint density at radius 1 is 1.35 bits per heavy atom. The summed E-state index contributed by atoms with van der Waals surface area (Å²) in [4.78, 5) is 25.8. The Balaban J connectivity index is 2.42. The molecule has 23 heavy (non-hydrogen) atoms. The average Bonchev–Trinajstić information content (AvgIpc) is 2.86. The molecular formula is C12H19N3O6S2.